The van der Waals surface area contributed by atoms with Gasteiger partial charge in [-0.15, -0.1) is 0 Å². The summed E-state index contributed by atoms with van der Waals surface area (Å²) in [4.78, 5) is 12.8. The molecule has 3 aromatic carbocycles. The fourth-order valence-corrected chi connectivity index (χ4v) is 4.75. The van der Waals surface area contributed by atoms with E-state index in [9.17, 15) is 9.00 Å². The Morgan fingerprint density at radius 3 is 2.27 bits per heavy atom. The summed E-state index contributed by atoms with van der Waals surface area (Å²) in [5.74, 6) is 1.24. The van der Waals surface area contributed by atoms with Crippen LogP contribution in [-0.4, -0.2) is 30.9 Å². The van der Waals surface area contributed by atoms with E-state index < -0.39 is 10.8 Å². The minimum atomic E-state index is -1.45. The lowest BCUT2D eigenvalue weighted by molar-refractivity contribution is 0.0960. The summed E-state index contributed by atoms with van der Waals surface area (Å²) in [6, 6.07) is 24.0. The fourth-order valence-electron chi connectivity index (χ4n) is 3.13. The van der Waals surface area contributed by atoms with Crippen LogP contribution in [0, 0.1) is 0 Å². The summed E-state index contributed by atoms with van der Waals surface area (Å²) in [7, 11) is 1.72. The van der Waals surface area contributed by atoms with Crippen molar-refractivity contribution in [3.8, 4) is 11.5 Å². The maximum atomic E-state index is 13.6. The van der Waals surface area contributed by atoms with Crippen LogP contribution in [0.2, 0.25) is 0 Å². The molecule has 30 heavy (non-hydrogen) atoms. The Labute approximate surface area is 179 Å². The van der Waals surface area contributed by atoms with Crippen LogP contribution in [-0.2, 0) is 10.8 Å². The third-order valence-corrected chi connectivity index (χ3v) is 6.53. The molecular formula is C24H25NO4S. The average Bonchev–Trinajstić information content (AvgIpc) is 2.82. The van der Waals surface area contributed by atoms with E-state index in [-0.39, 0.29) is 11.2 Å². The Morgan fingerprint density at radius 2 is 1.60 bits per heavy atom. The Balaban J connectivity index is 1.88. The van der Waals surface area contributed by atoms with Gasteiger partial charge in [-0.3, -0.25) is 9.00 Å². The van der Waals surface area contributed by atoms with Crippen molar-refractivity contribution in [2.45, 2.75) is 16.6 Å². The van der Waals surface area contributed by atoms with Crippen molar-refractivity contribution in [2.24, 2.45) is 0 Å². The normalized spacial score (nSPS) is 12.6. The van der Waals surface area contributed by atoms with Gasteiger partial charge in [0.15, 0.2) is 0 Å². The van der Waals surface area contributed by atoms with Gasteiger partial charge in [-0.2, -0.15) is 0 Å². The number of para-hydroxylation sites is 1. The van der Waals surface area contributed by atoms with Crippen LogP contribution >= 0.6 is 0 Å². The molecule has 6 heteroatoms. The lowest BCUT2D eigenvalue weighted by Gasteiger charge is -2.19. The van der Waals surface area contributed by atoms with E-state index in [1.807, 2.05) is 54.6 Å². The molecule has 0 saturated carbocycles. The lowest BCUT2D eigenvalue weighted by atomic mass is 10.1. The smallest absolute Gasteiger partial charge is 0.252 e. The monoisotopic (exact) mass is 423 g/mol. The number of hydrogen-bond donors (Lipinski definition) is 1. The van der Waals surface area contributed by atoms with E-state index in [0.29, 0.717) is 23.5 Å². The van der Waals surface area contributed by atoms with E-state index in [1.54, 1.807) is 38.4 Å². The minimum absolute atomic E-state index is 0.257. The Kier molecular flexibility index (Phi) is 7.63. The van der Waals surface area contributed by atoms with Gasteiger partial charge in [0.05, 0.1) is 40.2 Å². The first-order valence-corrected chi connectivity index (χ1v) is 10.9. The minimum Gasteiger partial charge on any atom is -0.497 e. The second-order valence-corrected chi connectivity index (χ2v) is 8.19. The van der Waals surface area contributed by atoms with Crippen LogP contribution < -0.4 is 14.8 Å². The van der Waals surface area contributed by atoms with E-state index in [1.165, 1.54) is 0 Å². The van der Waals surface area contributed by atoms with Gasteiger partial charge in [0, 0.05) is 13.5 Å². The highest BCUT2D eigenvalue weighted by molar-refractivity contribution is 7.85. The molecule has 0 radical (unpaired) electrons. The number of carbonyl (C=O) groups excluding carboxylic acids is 1. The first kappa shape index (κ1) is 21.6. The molecule has 0 unspecified atom stereocenters. The molecule has 0 aromatic heterocycles. The van der Waals surface area contributed by atoms with Crippen LogP contribution in [0.5, 0.6) is 11.5 Å². The first-order valence-electron chi connectivity index (χ1n) is 9.67. The predicted octanol–water partition coefficient (Wildman–Crippen LogP) is 4.37. The van der Waals surface area contributed by atoms with Gasteiger partial charge in [0.1, 0.15) is 11.5 Å². The topological polar surface area (TPSA) is 64.6 Å². The highest BCUT2D eigenvalue weighted by Gasteiger charge is 2.24. The summed E-state index contributed by atoms with van der Waals surface area (Å²) in [5.41, 5.74) is 1.32. The van der Waals surface area contributed by atoms with Gasteiger partial charge in [-0.1, -0.05) is 42.5 Å². The van der Waals surface area contributed by atoms with Crippen LogP contribution in [0.4, 0.5) is 0 Å². The number of carbonyl (C=O) groups is 1. The standard InChI is InChI=1S/C24H25NO4S/c1-25-24(26)21-10-6-7-11-23(21)30(27)22(18-12-14-19(28-2)15-13-18)16-17-29-20-8-4-3-5-9-20/h3-15,22H,16-17H2,1-2H3,(H,25,26)/t22-,30+/m1/s1. The molecule has 3 rings (SSSR count). The molecule has 156 valence electrons. The molecule has 1 N–H and O–H groups in total. The maximum Gasteiger partial charge on any atom is 0.252 e. The molecule has 2 atom stereocenters. The van der Waals surface area contributed by atoms with Gasteiger partial charge in [0.2, 0.25) is 0 Å². The van der Waals surface area contributed by atoms with Crippen molar-refractivity contribution in [1.82, 2.24) is 5.32 Å². The molecule has 5 nitrogen and oxygen atoms in total. The zero-order valence-corrected chi connectivity index (χ0v) is 17.9. The average molecular weight is 424 g/mol. The molecule has 0 bridgehead atoms. The summed E-state index contributed by atoms with van der Waals surface area (Å²) in [6.07, 6.45) is 0.524. The third kappa shape index (κ3) is 5.27. The molecule has 0 spiro atoms. The van der Waals surface area contributed by atoms with E-state index >= 15 is 0 Å². The van der Waals surface area contributed by atoms with E-state index in [4.69, 9.17) is 9.47 Å². The van der Waals surface area contributed by atoms with Gasteiger partial charge in [0.25, 0.3) is 5.91 Å². The van der Waals surface area contributed by atoms with Crippen molar-refractivity contribution < 1.29 is 18.5 Å². The third-order valence-electron chi connectivity index (χ3n) is 4.71. The summed E-state index contributed by atoms with van der Waals surface area (Å²) < 4.78 is 24.7. The number of rotatable bonds is 9. The van der Waals surface area contributed by atoms with Crippen molar-refractivity contribution in [3.63, 3.8) is 0 Å². The zero-order chi connectivity index (χ0) is 21.3. The largest absolute Gasteiger partial charge is 0.497 e. The van der Waals surface area contributed by atoms with Gasteiger partial charge < -0.3 is 14.8 Å². The van der Waals surface area contributed by atoms with Crippen molar-refractivity contribution >= 4 is 16.7 Å². The molecule has 0 saturated heterocycles. The number of methoxy groups -OCH3 is 1. The Hall–Kier alpha value is -3.12. The van der Waals surface area contributed by atoms with Crippen LogP contribution in [0.1, 0.15) is 27.6 Å². The van der Waals surface area contributed by atoms with Crippen LogP contribution in [0.25, 0.3) is 0 Å². The van der Waals surface area contributed by atoms with Gasteiger partial charge >= 0.3 is 0 Å². The summed E-state index contributed by atoms with van der Waals surface area (Å²) in [6.45, 7) is 0.397. The first-order chi connectivity index (χ1) is 14.6. The molecule has 0 aliphatic rings. The molecule has 0 aliphatic heterocycles. The SMILES string of the molecule is CNC(=O)c1ccccc1[S@@](=O)[C@H](CCOc1ccccc1)c1ccc(OC)cc1. The highest BCUT2D eigenvalue weighted by Crippen LogP contribution is 2.31. The summed E-state index contributed by atoms with van der Waals surface area (Å²) in [5, 5.41) is 2.28. The van der Waals surface area contributed by atoms with Crippen molar-refractivity contribution in [3.05, 3.63) is 90.0 Å². The number of hydrogen-bond acceptors (Lipinski definition) is 4. The fraction of sp³-hybridized carbons (Fsp3) is 0.208. The molecular weight excluding hydrogens is 398 g/mol. The zero-order valence-electron chi connectivity index (χ0n) is 17.0. The van der Waals surface area contributed by atoms with Crippen molar-refractivity contribution in [2.75, 3.05) is 20.8 Å². The summed E-state index contributed by atoms with van der Waals surface area (Å²) >= 11 is 0. The van der Waals surface area contributed by atoms with Gasteiger partial charge in [-0.05, 0) is 42.0 Å². The Bertz CT molecular complexity index is 990. The second kappa shape index (κ2) is 10.6. The molecule has 0 aliphatic carbocycles. The second-order valence-electron chi connectivity index (χ2n) is 6.58. The predicted molar refractivity (Wildman–Crippen MR) is 119 cm³/mol. The molecule has 0 heterocycles. The number of nitrogens with one attached hydrogen (secondary N) is 1. The Morgan fingerprint density at radius 1 is 0.933 bits per heavy atom. The van der Waals surface area contributed by atoms with Crippen molar-refractivity contribution in [1.29, 1.82) is 0 Å². The van der Waals surface area contributed by atoms with E-state index in [2.05, 4.69) is 5.32 Å². The number of amides is 1. The lowest BCUT2D eigenvalue weighted by Crippen LogP contribution is -2.21. The highest BCUT2D eigenvalue weighted by atomic mass is 32.2. The number of benzene rings is 3. The molecule has 3 aromatic rings. The quantitative estimate of drug-likeness (QED) is 0.555. The van der Waals surface area contributed by atoms with Gasteiger partial charge in [-0.25, -0.2) is 0 Å². The molecule has 1 amide bonds. The molecule has 0 fully saturated rings. The van der Waals surface area contributed by atoms with Crippen LogP contribution in [0.15, 0.2) is 83.8 Å². The van der Waals surface area contributed by atoms with E-state index in [0.717, 1.165) is 17.1 Å². The maximum absolute atomic E-state index is 13.6. The van der Waals surface area contributed by atoms with Crippen LogP contribution in [0.3, 0.4) is 0 Å². The number of ether oxygens (including phenoxy) is 2.